The van der Waals surface area contributed by atoms with Crippen molar-refractivity contribution in [1.29, 1.82) is 0 Å². The van der Waals surface area contributed by atoms with Crippen molar-refractivity contribution in [3.8, 4) is 0 Å². The zero-order chi connectivity index (χ0) is 11.1. The number of carbonyl (C=O) groups excluding carboxylic acids is 1. The summed E-state index contributed by atoms with van der Waals surface area (Å²) in [7, 11) is 0. The highest BCUT2D eigenvalue weighted by atomic mass is 16.5. The third-order valence-corrected chi connectivity index (χ3v) is 1.82. The molecule has 0 radical (unpaired) electrons. The number of hydrogen-bond acceptors (Lipinski definition) is 3. The topological polar surface area (TPSA) is 48.3 Å². The van der Waals surface area contributed by atoms with Crippen LogP contribution < -0.4 is 5.56 Å². The third kappa shape index (κ3) is 3.81. The fraction of sp³-hybridized carbons (Fsp3) is 0.273. The molecule has 15 heavy (non-hydrogen) atoms. The molecule has 80 valence electrons. The van der Waals surface area contributed by atoms with E-state index in [0.717, 1.165) is 0 Å². The van der Waals surface area contributed by atoms with Crippen molar-refractivity contribution >= 4 is 5.97 Å². The standard InChI is InChI=1S/C11H13NO3/c1-2-9-15-11(14)6-8-12-7-4-3-5-10(12)13/h2-5,7H,1,6,8-9H2. The maximum Gasteiger partial charge on any atom is 0.307 e. The van der Waals surface area contributed by atoms with E-state index >= 15 is 0 Å². The van der Waals surface area contributed by atoms with Crippen LogP contribution in [0.4, 0.5) is 0 Å². The van der Waals surface area contributed by atoms with Crippen LogP contribution in [-0.4, -0.2) is 17.1 Å². The molecule has 1 heterocycles. The lowest BCUT2D eigenvalue weighted by Crippen LogP contribution is -2.20. The number of aromatic nitrogens is 1. The van der Waals surface area contributed by atoms with Gasteiger partial charge in [0.25, 0.3) is 5.56 Å². The number of esters is 1. The Morgan fingerprint density at radius 2 is 2.33 bits per heavy atom. The van der Waals surface area contributed by atoms with Gasteiger partial charge in [0.15, 0.2) is 0 Å². The Bertz CT molecular complexity index is 395. The molecule has 0 aliphatic rings. The minimum atomic E-state index is -0.328. The van der Waals surface area contributed by atoms with Crippen molar-refractivity contribution in [3.63, 3.8) is 0 Å². The second-order valence-corrected chi connectivity index (χ2v) is 2.95. The number of carbonyl (C=O) groups is 1. The number of nitrogens with zero attached hydrogens (tertiary/aromatic N) is 1. The summed E-state index contributed by atoms with van der Waals surface area (Å²) in [5.41, 5.74) is -0.117. The lowest BCUT2D eigenvalue weighted by Gasteiger charge is -2.04. The van der Waals surface area contributed by atoms with E-state index in [2.05, 4.69) is 6.58 Å². The summed E-state index contributed by atoms with van der Waals surface area (Å²) in [6.07, 6.45) is 3.34. The number of rotatable bonds is 5. The van der Waals surface area contributed by atoms with Crippen molar-refractivity contribution in [2.24, 2.45) is 0 Å². The van der Waals surface area contributed by atoms with E-state index < -0.39 is 0 Å². The molecule has 0 aromatic carbocycles. The first kappa shape index (κ1) is 11.2. The van der Waals surface area contributed by atoms with E-state index in [1.165, 1.54) is 16.7 Å². The van der Waals surface area contributed by atoms with Crippen molar-refractivity contribution in [1.82, 2.24) is 4.57 Å². The summed E-state index contributed by atoms with van der Waals surface area (Å²) in [6.45, 7) is 3.99. The molecule has 0 spiro atoms. The molecule has 1 aromatic heterocycles. The third-order valence-electron chi connectivity index (χ3n) is 1.82. The van der Waals surface area contributed by atoms with Crippen molar-refractivity contribution in [3.05, 3.63) is 47.4 Å². The molecule has 1 rings (SSSR count). The average Bonchev–Trinajstić information content (AvgIpc) is 2.25. The van der Waals surface area contributed by atoms with Crippen molar-refractivity contribution in [2.45, 2.75) is 13.0 Å². The van der Waals surface area contributed by atoms with Crippen LogP contribution in [0.5, 0.6) is 0 Å². The Labute approximate surface area is 87.8 Å². The van der Waals surface area contributed by atoms with E-state index in [1.54, 1.807) is 18.3 Å². The van der Waals surface area contributed by atoms with Crippen LogP contribution in [0.1, 0.15) is 6.42 Å². The highest BCUT2D eigenvalue weighted by molar-refractivity contribution is 5.69. The summed E-state index contributed by atoms with van der Waals surface area (Å²) >= 11 is 0. The van der Waals surface area contributed by atoms with E-state index in [1.807, 2.05) is 0 Å². The molecule has 4 heteroatoms. The SMILES string of the molecule is C=CCOC(=O)CCn1ccccc1=O. The zero-order valence-corrected chi connectivity index (χ0v) is 8.39. The summed E-state index contributed by atoms with van der Waals surface area (Å²) in [5, 5.41) is 0. The second-order valence-electron chi connectivity index (χ2n) is 2.95. The summed E-state index contributed by atoms with van der Waals surface area (Å²) < 4.78 is 6.25. The molecule has 0 atom stereocenters. The Kier molecular flexibility index (Phi) is 4.34. The van der Waals surface area contributed by atoms with Gasteiger partial charge < -0.3 is 9.30 Å². The largest absolute Gasteiger partial charge is 0.461 e. The van der Waals surface area contributed by atoms with Crippen LogP contribution in [0.15, 0.2) is 41.8 Å². The lowest BCUT2D eigenvalue weighted by atomic mass is 10.4. The van der Waals surface area contributed by atoms with Gasteiger partial charge in [-0.15, -0.1) is 0 Å². The first-order chi connectivity index (χ1) is 7.24. The van der Waals surface area contributed by atoms with Crippen LogP contribution >= 0.6 is 0 Å². The van der Waals surface area contributed by atoms with Crippen LogP contribution in [0.25, 0.3) is 0 Å². The van der Waals surface area contributed by atoms with Crippen LogP contribution in [0.2, 0.25) is 0 Å². The average molecular weight is 207 g/mol. The van der Waals surface area contributed by atoms with Crippen molar-refractivity contribution < 1.29 is 9.53 Å². The quantitative estimate of drug-likeness (QED) is 0.534. The lowest BCUT2D eigenvalue weighted by molar-refractivity contribution is -0.142. The molecule has 0 aliphatic carbocycles. The van der Waals surface area contributed by atoms with E-state index in [9.17, 15) is 9.59 Å². The smallest absolute Gasteiger partial charge is 0.307 e. The van der Waals surface area contributed by atoms with Gasteiger partial charge in [0, 0.05) is 18.8 Å². The maximum absolute atomic E-state index is 11.2. The number of aryl methyl sites for hydroxylation is 1. The maximum atomic E-state index is 11.2. The van der Waals surface area contributed by atoms with Gasteiger partial charge in [0.1, 0.15) is 6.61 Å². The Morgan fingerprint density at radius 3 is 3.00 bits per heavy atom. The predicted molar refractivity (Wildman–Crippen MR) is 56.5 cm³/mol. The van der Waals surface area contributed by atoms with Gasteiger partial charge in [-0.1, -0.05) is 18.7 Å². The molecule has 0 saturated heterocycles. The molecular formula is C11H13NO3. The van der Waals surface area contributed by atoms with Crippen LogP contribution in [0, 0.1) is 0 Å². The molecule has 0 bridgehead atoms. The molecule has 0 N–H and O–H groups in total. The summed E-state index contributed by atoms with van der Waals surface area (Å²) in [5.74, 6) is -0.328. The first-order valence-corrected chi connectivity index (χ1v) is 4.66. The van der Waals surface area contributed by atoms with E-state index in [4.69, 9.17) is 4.74 Å². The fourth-order valence-corrected chi connectivity index (χ4v) is 1.08. The van der Waals surface area contributed by atoms with Gasteiger partial charge in [0.2, 0.25) is 0 Å². The molecular weight excluding hydrogens is 194 g/mol. The monoisotopic (exact) mass is 207 g/mol. The molecule has 0 unspecified atom stereocenters. The molecule has 1 aromatic rings. The number of hydrogen-bond donors (Lipinski definition) is 0. The van der Waals surface area contributed by atoms with Gasteiger partial charge in [0.05, 0.1) is 6.42 Å². The van der Waals surface area contributed by atoms with Crippen LogP contribution in [-0.2, 0) is 16.1 Å². The van der Waals surface area contributed by atoms with E-state index in [-0.39, 0.29) is 24.6 Å². The minimum Gasteiger partial charge on any atom is -0.461 e. The van der Waals surface area contributed by atoms with Gasteiger partial charge in [-0.3, -0.25) is 9.59 Å². The van der Waals surface area contributed by atoms with Crippen LogP contribution in [0.3, 0.4) is 0 Å². The summed E-state index contributed by atoms with van der Waals surface area (Å²) in [6, 6.07) is 4.86. The van der Waals surface area contributed by atoms with E-state index in [0.29, 0.717) is 6.54 Å². The van der Waals surface area contributed by atoms with Gasteiger partial charge in [-0.05, 0) is 6.07 Å². The highest BCUT2D eigenvalue weighted by Crippen LogP contribution is 1.91. The molecule has 4 nitrogen and oxygen atoms in total. The predicted octanol–water partition coefficient (Wildman–Crippen LogP) is 0.968. The Balaban J connectivity index is 2.44. The van der Waals surface area contributed by atoms with Gasteiger partial charge in [-0.2, -0.15) is 0 Å². The Morgan fingerprint density at radius 1 is 1.53 bits per heavy atom. The molecule has 0 aliphatic heterocycles. The normalized spacial score (nSPS) is 9.60. The van der Waals surface area contributed by atoms with Gasteiger partial charge in [-0.25, -0.2) is 0 Å². The van der Waals surface area contributed by atoms with Crippen molar-refractivity contribution in [2.75, 3.05) is 6.61 Å². The number of ether oxygens (including phenoxy) is 1. The second kappa shape index (κ2) is 5.80. The zero-order valence-electron chi connectivity index (χ0n) is 8.39. The molecule has 0 saturated carbocycles. The minimum absolute atomic E-state index is 0.117. The molecule has 0 fully saturated rings. The first-order valence-electron chi connectivity index (χ1n) is 4.66. The Hall–Kier alpha value is -1.84. The highest BCUT2D eigenvalue weighted by Gasteiger charge is 2.02. The summed E-state index contributed by atoms with van der Waals surface area (Å²) in [4.78, 5) is 22.3. The fourth-order valence-electron chi connectivity index (χ4n) is 1.08. The van der Waals surface area contributed by atoms with Gasteiger partial charge >= 0.3 is 5.97 Å². The molecule has 0 amide bonds. The number of pyridine rings is 1.